The first-order valence-electron chi connectivity index (χ1n) is 8.80. The first-order chi connectivity index (χ1) is 12.9. The van der Waals surface area contributed by atoms with Gasteiger partial charge in [0, 0.05) is 25.6 Å². The molecule has 1 aliphatic rings. The summed E-state index contributed by atoms with van der Waals surface area (Å²) in [6.07, 6.45) is 1.84. The van der Waals surface area contributed by atoms with Gasteiger partial charge in [-0.3, -0.25) is 4.90 Å². The standard InChI is InChI=1S/C20H21F2NO3S.ClH/c21-17-5-3-16(4-6-17)20(2-1-11-24)23-12-15(13-23)14-27(25,26)19-9-7-18(22)8-10-19;/h3-11,15,20H,1-2,12-14H2;1H. The van der Waals surface area contributed by atoms with Crippen molar-refractivity contribution in [2.75, 3.05) is 18.8 Å². The minimum atomic E-state index is -3.47. The fraction of sp³-hybridized carbons (Fsp3) is 0.350. The summed E-state index contributed by atoms with van der Waals surface area (Å²) in [6, 6.07) is 11.0. The van der Waals surface area contributed by atoms with Gasteiger partial charge in [-0.15, -0.1) is 12.4 Å². The summed E-state index contributed by atoms with van der Waals surface area (Å²) < 4.78 is 51.1. The molecule has 1 unspecified atom stereocenters. The van der Waals surface area contributed by atoms with Crippen molar-refractivity contribution in [2.24, 2.45) is 5.92 Å². The van der Waals surface area contributed by atoms with Crippen molar-refractivity contribution in [3.8, 4) is 0 Å². The number of nitrogens with zero attached hydrogens (tertiary/aromatic N) is 1. The van der Waals surface area contributed by atoms with Crippen molar-refractivity contribution in [3.05, 3.63) is 65.7 Å². The number of carbonyl (C=O) groups is 1. The van der Waals surface area contributed by atoms with Gasteiger partial charge in [-0.2, -0.15) is 0 Å². The molecule has 2 aromatic carbocycles. The minimum absolute atomic E-state index is 0. The van der Waals surface area contributed by atoms with Crippen LogP contribution in [0.15, 0.2) is 53.4 Å². The summed E-state index contributed by atoms with van der Waals surface area (Å²) in [5, 5.41) is 0. The maximum Gasteiger partial charge on any atom is 0.178 e. The quantitative estimate of drug-likeness (QED) is 0.473. The molecule has 0 aromatic heterocycles. The summed E-state index contributed by atoms with van der Waals surface area (Å²) in [5.41, 5.74) is 0.915. The molecule has 0 bridgehead atoms. The molecule has 0 N–H and O–H groups in total. The lowest BCUT2D eigenvalue weighted by atomic mass is 9.93. The van der Waals surface area contributed by atoms with E-state index in [0.717, 1.165) is 24.0 Å². The lowest BCUT2D eigenvalue weighted by Gasteiger charge is -2.44. The smallest absolute Gasteiger partial charge is 0.178 e. The predicted molar refractivity (Wildman–Crippen MR) is 105 cm³/mol. The van der Waals surface area contributed by atoms with Gasteiger partial charge < -0.3 is 4.79 Å². The van der Waals surface area contributed by atoms with Crippen molar-refractivity contribution in [1.29, 1.82) is 0 Å². The molecule has 0 amide bonds. The SMILES string of the molecule is Cl.O=CCCC(c1ccc(F)cc1)N1CC(CS(=O)(=O)c2ccc(F)cc2)C1. The molecule has 3 rings (SSSR count). The average Bonchev–Trinajstić information content (AvgIpc) is 2.61. The molecule has 1 atom stereocenters. The first kappa shape index (κ1) is 22.5. The van der Waals surface area contributed by atoms with Gasteiger partial charge in [0.2, 0.25) is 0 Å². The Bertz CT molecular complexity index is 883. The molecular weight excluding hydrogens is 408 g/mol. The van der Waals surface area contributed by atoms with Crippen LogP contribution in [0, 0.1) is 17.6 Å². The Morgan fingerprint density at radius 3 is 2.07 bits per heavy atom. The molecule has 28 heavy (non-hydrogen) atoms. The van der Waals surface area contributed by atoms with Crippen LogP contribution < -0.4 is 0 Å². The second-order valence-electron chi connectivity index (χ2n) is 6.87. The highest BCUT2D eigenvalue weighted by atomic mass is 35.5. The fourth-order valence-electron chi connectivity index (χ4n) is 3.49. The molecule has 4 nitrogen and oxygen atoms in total. The van der Waals surface area contributed by atoms with Gasteiger partial charge in [0.1, 0.15) is 17.9 Å². The summed E-state index contributed by atoms with van der Waals surface area (Å²) in [4.78, 5) is 13.0. The molecule has 152 valence electrons. The van der Waals surface area contributed by atoms with Crippen LogP contribution in [-0.4, -0.2) is 38.4 Å². The van der Waals surface area contributed by atoms with E-state index >= 15 is 0 Å². The maximum absolute atomic E-state index is 13.2. The van der Waals surface area contributed by atoms with Crippen LogP contribution in [0.1, 0.15) is 24.4 Å². The Hall–Kier alpha value is -1.83. The van der Waals surface area contributed by atoms with Crippen molar-refractivity contribution >= 4 is 28.5 Å². The molecule has 0 spiro atoms. The van der Waals surface area contributed by atoms with Crippen molar-refractivity contribution in [3.63, 3.8) is 0 Å². The molecule has 2 aromatic rings. The van der Waals surface area contributed by atoms with E-state index in [2.05, 4.69) is 4.90 Å². The third-order valence-corrected chi connectivity index (χ3v) is 6.77. The summed E-state index contributed by atoms with van der Waals surface area (Å²) in [7, 11) is -3.47. The van der Waals surface area contributed by atoms with Crippen molar-refractivity contribution in [2.45, 2.75) is 23.8 Å². The summed E-state index contributed by atoms with van der Waals surface area (Å²) >= 11 is 0. The molecule has 1 fully saturated rings. The van der Waals surface area contributed by atoms with E-state index in [1.807, 2.05) is 0 Å². The van der Waals surface area contributed by atoms with Gasteiger partial charge in [-0.05, 0) is 54.3 Å². The number of carbonyl (C=O) groups excluding carboxylic acids is 1. The van der Waals surface area contributed by atoms with E-state index in [9.17, 15) is 22.0 Å². The van der Waals surface area contributed by atoms with E-state index in [-0.39, 0.29) is 40.8 Å². The number of sulfone groups is 1. The number of halogens is 3. The van der Waals surface area contributed by atoms with Gasteiger partial charge in [-0.1, -0.05) is 12.1 Å². The number of benzene rings is 2. The number of hydrogen-bond donors (Lipinski definition) is 0. The highest BCUT2D eigenvalue weighted by molar-refractivity contribution is 7.91. The van der Waals surface area contributed by atoms with E-state index in [1.165, 1.54) is 24.3 Å². The summed E-state index contributed by atoms with van der Waals surface area (Å²) in [5.74, 6) is -0.820. The zero-order chi connectivity index (χ0) is 19.4. The number of aldehydes is 1. The number of rotatable bonds is 8. The highest BCUT2D eigenvalue weighted by Gasteiger charge is 2.35. The maximum atomic E-state index is 13.2. The minimum Gasteiger partial charge on any atom is -0.303 e. The highest BCUT2D eigenvalue weighted by Crippen LogP contribution is 2.33. The van der Waals surface area contributed by atoms with Gasteiger partial charge in [0.25, 0.3) is 0 Å². The lowest BCUT2D eigenvalue weighted by Crippen LogP contribution is -2.51. The number of likely N-dealkylation sites (tertiary alicyclic amines) is 1. The lowest BCUT2D eigenvalue weighted by molar-refractivity contribution is -0.108. The van der Waals surface area contributed by atoms with Crippen LogP contribution in [0.25, 0.3) is 0 Å². The van der Waals surface area contributed by atoms with Crippen LogP contribution in [0.5, 0.6) is 0 Å². The molecule has 1 heterocycles. The Morgan fingerprint density at radius 2 is 1.54 bits per heavy atom. The van der Waals surface area contributed by atoms with Gasteiger partial charge in [-0.25, -0.2) is 17.2 Å². The van der Waals surface area contributed by atoms with Crippen LogP contribution in [0.4, 0.5) is 8.78 Å². The monoisotopic (exact) mass is 429 g/mol. The van der Waals surface area contributed by atoms with Crippen LogP contribution in [0.2, 0.25) is 0 Å². The molecule has 0 radical (unpaired) electrons. The Labute approximate surface area is 169 Å². The van der Waals surface area contributed by atoms with E-state index < -0.39 is 15.7 Å². The normalized spacial score (nSPS) is 16.1. The average molecular weight is 430 g/mol. The molecule has 0 aliphatic carbocycles. The van der Waals surface area contributed by atoms with Crippen LogP contribution in [-0.2, 0) is 14.6 Å². The third kappa shape index (κ3) is 5.37. The molecular formula is C20H22ClF2NO3S. The van der Waals surface area contributed by atoms with Crippen molar-refractivity contribution in [1.82, 2.24) is 4.90 Å². The molecule has 0 saturated carbocycles. The van der Waals surface area contributed by atoms with Crippen LogP contribution >= 0.6 is 12.4 Å². The Kier molecular flexibility index (Phi) is 7.69. The molecule has 1 saturated heterocycles. The summed E-state index contributed by atoms with van der Waals surface area (Å²) in [6.45, 7) is 1.17. The van der Waals surface area contributed by atoms with Crippen molar-refractivity contribution < 1.29 is 22.0 Å². The molecule has 8 heteroatoms. The topological polar surface area (TPSA) is 54.5 Å². The van der Waals surface area contributed by atoms with E-state index in [0.29, 0.717) is 25.9 Å². The van der Waals surface area contributed by atoms with Gasteiger partial charge in [0.15, 0.2) is 9.84 Å². The molecule has 1 aliphatic heterocycles. The zero-order valence-electron chi connectivity index (χ0n) is 15.1. The van der Waals surface area contributed by atoms with Gasteiger partial charge >= 0.3 is 0 Å². The second kappa shape index (κ2) is 9.58. The Morgan fingerprint density at radius 1 is 1.00 bits per heavy atom. The number of hydrogen-bond acceptors (Lipinski definition) is 4. The fourth-order valence-corrected chi connectivity index (χ4v) is 5.06. The van der Waals surface area contributed by atoms with E-state index in [1.54, 1.807) is 12.1 Å². The predicted octanol–water partition coefficient (Wildman–Crippen LogP) is 3.81. The first-order valence-corrected chi connectivity index (χ1v) is 10.5. The largest absolute Gasteiger partial charge is 0.303 e. The Balaban J connectivity index is 0.00000280. The van der Waals surface area contributed by atoms with E-state index in [4.69, 9.17) is 0 Å². The third-order valence-electron chi connectivity index (χ3n) is 4.87. The van der Waals surface area contributed by atoms with Gasteiger partial charge in [0.05, 0.1) is 10.6 Å². The van der Waals surface area contributed by atoms with Crippen LogP contribution in [0.3, 0.4) is 0 Å². The second-order valence-corrected chi connectivity index (χ2v) is 8.90. The zero-order valence-corrected chi connectivity index (χ0v) is 16.8.